The van der Waals surface area contributed by atoms with Gasteiger partial charge in [-0.15, -0.1) is 11.3 Å². The Morgan fingerprint density at radius 1 is 1.03 bits per heavy atom. The summed E-state index contributed by atoms with van der Waals surface area (Å²) in [6.45, 7) is 4.05. The molecule has 1 aromatic heterocycles. The maximum Gasteiger partial charge on any atom is 0.312 e. The minimum atomic E-state index is -0.490. The van der Waals surface area contributed by atoms with Crippen molar-refractivity contribution in [1.29, 1.82) is 0 Å². The number of hydrogen-bond acceptors (Lipinski definition) is 7. The van der Waals surface area contributed by atoms with Gasteiger partial charge in [0.05, 0.1) is 26.3 Å². The Bertz CT molecular complexity index is 1080. The van der Waals surface area contributed by atoms with Crippen LogP contribution in [-0.2, 0) is 27.3 Å². The van der Waals surface area contributed by atoms with Crippen LogP contribution in [0.1, 0.15) is 25.1 Å². The molecule has 0 atom stereocenters. The van der Waals surface area contributed by atoms with E-state index >= 15 is 0 Å². The van der Waals surface area contributed by atoms with E-state index < -0.39 is 5.97 Å². The number of carbonyl (C=O) groups excluding carboxylic acids is 2. The molecule has 1 amide bonds. The van der Waals surface area contributed by atoms with Crippen LogP contribution in [0.25, 0.3) is 10.6 Å². The zero-order valence-corrected chi connectivity index (χ0v) is 20.1. The molecule has 33 heavy (non-hydrogen) atoms. The van der Waals surface area contributed by atoms with E-state index in [4.69, 9.17) is 14.2 Å². The van der Waals surface area contributed by atoms with Crippen molar-refractivity contribution in [3.63, 3.8) is 0 Å². The first-order valence-corrected chi connectivity index (χ1v) is 11.4. The van der Waals surface area contributed by atoms with Crippen molar-refractivity contribution >= 4 is 23.2 Å². The lowest BCUT2D eigenvalue weighted by molar-refractivity contribution is -0.152. The maximum absolute atomic E-state index is 12.7. The molecule has 0 unspecified atom stereocenters. The number of methoxy groups -OCH3 is 2. The van der Waals surface area contributed by atoms with Crippen LogP contribution in [0.5, 0.6) is 11.5 Å². The van der Waals surface area contributed by atoms with Crippen molar-refractivity contribution < 1.29 is 23.8 Å². The van der Waals surface area contributed by atoms with Gasteiger partial charge in [-0.3, -0.25) is 9.59 Å². The smallest absolute Gasteiger partial charge is 0.312 e. The molecule has 1 heterocycles. The predicted molar refractivity (Wildman–Crippen MR) is 127 cm³/mol. The topological polar surface area (TPSA) is 78.0 Å². The first-order chi connectivity index (χ1) is 15.9. The standard InChI is InChI=1S/C25H28N2O5S/c1-17(2)27(14-18-8-6-5-7-9-18)23(28)15-32-24(29)13-20-16-33-25(26-20)19-10-11-21(30-3)22(12-19)31-4/h5-12,16-17H,13-15H2,1-4H3. The van der Waals surface area contributed by atoms with Crippen molar-refractivity contribution in [3.8, 4) is 22.1 Å². The lowest BCUT2D eigenvalue weighted by atomic mass is 10.2. The molecule has 0 radical (unpaired) electrons. The molecule has 0 aliphatic carbocycles. The largest absolute Gasteiger partial charge is 0.493 e. The van der Waals surface area contributed by atoms with Gasteiger partial charge in [0, 0.05) is 23.5 Å². The van der Waals surface area contributed by atoms with Gasteiger partial charge in [0.2, 0.25) is 0 Å². The fourth-order valence-electron chi connectivity index (χ4n) is 3.25. The van der Waals surface area contributed by atoms with E-state index in [1.807, 2.05) is 67.8 Å². The molecule has 0 saturated heterocycles. The van der Waals surface area contributed by atoms with Crippen LogP contribution < -0.4 is 9.47 Å². The number of esters is 1. The normalized spacial score (nSPS) is 10.7. The average molecular weight is 469 g/mol. The van der Waals surface area contributed by atoms with Gasteiger partial charge < -0.3 is 19.1 Å². The SMILES string of the molecule is COc1ccc(-c2nc(CC(=O)OCC(=O)N(Cc3ccccc3)C(C)C)cs2)cc1OC. The number of benzene rings is 2. The van der Waals surface area contributed by atoms with Crippen molar-refractivity contribution in [2.24, 2.45) is 0 Å². The number of thiazole rings is 1. The van der Waals surface area contributed by atoms with Crippen molar-refractivity contribution in [1.82, 2.24) is 9.88 Å². The van der Waals surface area contributed by atoms with Crippen LogP contribution in [0.4, 0.5) is 0 Å². The maximum atomic E-state index is 12.7. The number of rotatable bonds is 10. The van der Waals surface area contributed by atoms with Gasteiger partial charge in [-0.2, -0.15) is 0 Å². The molecule has 0 saturated carbocycles. The predicted octanol–water partition coefficient (Wildman–Crippen LogP) is 4.35. The number of ether oxygens (including phenoxy) is 3. The van der Waals surface area contributed by atoms with E-state index in [-0.39, 0.29) is 25.0 Å². The molecular formula is C25H28N2O5S. The third-order valence-electron chi connectivity index (χ3n) is 5.00. The Hall–Kier alpha value is -3.39. The lowest BCUT2D eigenvalue weighted by Crippen LogP contribution is -2.39. The van der Waals surface area contributed by atoms with Gasteiger partial charge in [-0.1, -0.05) is 30.3 Å². The lowest BCUT2D eigenvalue weighted by Gasteiger charge is -2.26. The fourth-order valence-corrected chi connectivity index (χ4v) is 4.07. The zero-order valence-electron chi connectivity index (χ0n) is 19.2. The second-order valence-electron chi connectivity index (χ2n) is 7.65. The summed E-state index contributed by atoms with van der Waals surface area (Å²) in [4.78, 5) is 31.2. The third-order valence-corrected chi connectivity index (χ3v) is 5.94. The highest BCUT2D eigenvalue weighted by atomic mass is 32.1. The quantitative estimate of drug-likeness (QED) is 0.412. The van der Waals surface area contributed by atoms with Gasteiger partial charge in [-0.25, -0.2) is 4.98 Å². The van der Waals surface area contributed by atoms with E-state index in [0.29, 0.717) is 23.7 Å². The first kappa shape index (κ1) is 24.3. The van der Waals surface area contributed by atoms with Crippen LogP contribution in [0.15, 0.2) is 53.9 Å². The van der Waals surface area contributed by atoms with Crippen LogP contribution in [-0.4, -0.2) is 48.6 Å². The van der Waals surface area contributed by atoms with Gasteiger partial charge >= 0.3 is 5.97 Å². The van der Waals surface area contributed by atoms with Crippen molar-refractivity contribution in [2.75, 3.05) is 20.8 Å². The Morgan fingerprint density at radius 2 is 1.76 bits per heavy atom. The molecule has 3 rings (SSSR count). The van der Waals surface area contributed by atoms with Gasteiger partial charge in [0.15, 0.2) is 18.1 Å². The Morgan fingerprint density at radius 3 is 2.42 bits per heavy atom. The van der Waals surface area contributed by atoms with E-state index in [1.54, 1.807) is 19.1 Å². The minimum absolute atomic E-state index is 0.00255. The Kier molecular flexibility index (Phi) is 8.43. The van der Waals surface area contributed by atoms with Crippen LogP contribution in [0.3, 0.4) is 0 Å². The third kappa shape index (κ3) is 6.55. The molecule has 0 fully saturated rings. The number of carbonyl (C=O) groups is 2. The number of amides is 1. The summed E-state index contributed by atoms with van der Waals surface area (Å²) in [5, 5.41) is 2.56. The van der Waals surface area contributed by atoms with E-state index in [9.17, 15) is 9.59 Å². The van der Waals surface area contributed by atoms with Crippen molar-refractivity contribution in [2.45, 2.75) is 32.9 Å². The molecule has 8 heteroatoms. The van der Waals surface area contributed by atoms with Gasteiger partial charge in [0.1, 0.15) is 5.01 Å². The molecule has 0 aliphatic rings. The molecule has 0 aliphatic heterocycles. The first-order valence-electron chi connectivity index (χ1n) is 10.6. The second kappa shape index (κ2) is 11.5. The molecule has 0 spiro atoms. The zero-order chi connectivity index (χ0) is 23.8. The fraction of sp³-hybridized carbons (Fsp3) is 0.320. The summed E-state index contributed by atoms with van der Waals surface area (Å²) in [5.41, 5.74) is 2.48. The number of aromatic nitrogens is 1. The Balaban J connectivity index is 1.57. The molecule has 7 nitrogen and oxygen atoms in total. The summed E-state index contributed by atoms with van der Waals surface area (Å²) >= 11 is 1.42. The minimum Gasteiger partial charge on any atom is -0.493 e. The highest BCUT2D eigenvalue weighted by Gasteiger charge is 2.20. The van der Waals surface area contributed by atoms with Crippen LogP contribution in [0.2, 0.25) is 0 Å². The summed E-state index contributed by atoms with van der Waals surface area (Å²) in [6, 6.07) is 15.2. The summed E-state index contributed by atoms with van der Waals surface area (Å²) < 4.78 is 15.9. The molecule has 174 valence electrons. The molecule has 0 bridgehead atoms. The second-order valence-corrected chi connectivity index (χ2v) is 8.51. The van der Waals surface area contributed by atoms with Crippen molar-refractivity contribution in [3.05, 3.63) is 65.2 Å². The number of hydrogen-bond donors (Lipinski definition) is 0. The van der Waals surface area contributed by atoms with E-state index in [2.05, 4.69) is 4.98 Å². The van der Waals surface area contributed by atoms with Crippen LogP contribution in [0, 0.1) is 0 Å². The van der Waals surface area contributed by atoms with Gasteiger partial charge in [0.25, 0.3) is 5.91 Å². The van der Waals surface area contributed by atoms with Gasteiger partial charge in [-0.05, 0) is 37.6 Å². The molecule has 2 aromatic carbocycles. The highest BCUT2D eigenvalue weighted by molar-refractivity contribution is 7.13. The molecule has 0 N–H and O–H groups in total. The number of nitrogens with zero attached hydrogens (tertiary/aromatic N) is 2. The van der Waals surface area contributed by atoms with Crippen LogP contribution >= 0.6 is 11.3 Å². The molecular weight excluding hydrogens is 440 g/mol. The molecule has 3 aromatic rings. The van der Waals surface area contributed by atoms with E-state index in [0.717, 1.165) is 16.1 Å². The summed E-state index contributed by atoms with van der Waals surface area (Å²) in [6.07, 6.45) is -0.00255. The average Bonchev–Trinajstić information content (AvgIpc) is 3.29. The highest BCUT2D eigenvalue weighted by Crippen LogP contribution is 2.33. The summed E-state index contributed by atoms with van der Waals surface area (Å²) in [7, 11) is 3.16. The summed E-state index contributed by atoms with van der Waals surface area (Å²) in [5.74, 6) is 0.520. The monoisotopic (exact) mass is 468 g/mol. The Labute approximate surface area is 197 Å². The van der Waals surface area contributed by atoms with E-state index in [1.165, 1.54) is 11.3 Å².